The molecular formula is C28H34O7. The van der Waals surface area contributed by atoms with Gasteiger partial charge < -0.3 is 20.1 Å². The van der Waals surface area contributed by atoms with Gasteiger partial charge in [-0.25, -0.2) is 4.79 Å². The summed E-state index contributed by atoms with van der Waals surface area (Å²) in [6, 6.07) is 0. The van der Waals surface area contributed by atoms with Crippen LogP contribution in [0.5, 0.6) is 0 Å². The van der Waals surface area contributed by atoms with Gasteiger partial charge in [-0.2, -0.15) is 0 Å². The summed E-state index contributed by atoms with van der Waals surface area (Å²) in [6.07, 6.45) is 3.78. The summed E-state index contributed by atoms with van der Waals surface area (Å²) in [5, 5.41) is 35.9. The molecule has 1 aliphatic heterocycles. The van der Waals surface area contributed by atoms with E-state index in [2.05, 4.69) is 0 Å². The molecule has 9 unspecified atom stereocenters. The number of ether oxygens (including phenoxy) is 1. The number of rotatable bonds is 0. The molecule has 3 saturated carbocycles. The number of fused-ring (bicyclic) bond motifs is 5. The number of hydrogen-bond acceptors (Lipinski definition) is 7. The van der Waals surface area contributed by atoms with E-state index in [1.807, 2.05) is 6.92 Å². The Morgan fingerprint density at radius 1 is 1.00 bits per heavy atom. The number of carbonyl (C=O) groups excluding carboxylic acids is 3. The second-order valence-corrected chi connectivity index (χ2v) is 12.3. The Labute approximate surface area is 204 Å². The highest BCUT2D eigenvalue weighted by molar-refractivity contribution is 6.12. The number of carbonyl (C=O) groups is 3. The van der Waals surface area contributed by atoms with Gasteiger partial charge in [-0.3, -0.25) is 9.59 Å². The highest BCUT2D eigenvalue weighted by Gasteiger charge is 2.81. The molecule has 6 aliphatic rings. The molecule has 0 amide bonds. The third-order valence-electron chi connectivity index (χ3n) is 11.7. The third kappa shape index (κ3) is 2.09. The minimum absolute atomic E-state index is 0.0101. The largest absolute Gasteiger partial charge is 0.439 e. The molecule has 0 aromatic carbocycles. The first kappa shape index (κ1) is 23.3. The lowest BCUT2D eigenvalue weighted by molar-refractivity contribution is -0.280. The zero-order valence-electron chi connectivity index (χ0n) is 21.0. The maximum atomic E-state index is 14.0. The molecule has 0 aromatic rings. The van der Waals surface area contributed by atoms with Gasteiger partial charge in [0.1, 0.15) is 11.2 Å². The van der Waals surface area contributed by atoms with Crippen molar-refractivity contribution in [2.24, 2.45) is 28.6 Å². The van der Waals surface area contributed by atoms with E-state index in [9.17, 15) is 29.7 Å². The van der Waals surface area contributed by atoms with Gasteiger partial charge in [0.15, 0.2) is 5.78 Å². The zero-order valence-corrected chi connectivity index (χ0v) is 21.0. The summed E-state index contributed by atoms with van der Waals surface area (Å²) in [5.74, 6) is -2.08. The molecule has 6 rings (SSSR count). The first-order valence-electron chi connectivity index (χ1n) is 12.7. The normalized spacial score (nSPS) is 52.6. The quantitative estimate of drug-likeness (QED) is 0.453. The molecule has 0 aromatic heterocycles. The molecule has 5 aliphatic carbocycles. The van der Waals surface area contributed by atoms with Gasteiger partial charge in [0.05, 0.1) is 11.5 Å². The number of hydrogen-bond donors (Lipinski definition) is 3. The summed E-state index contributed by atoms with van der Waals surface area (Å²) < 4.78 is 5.92. The Morgan fingerprint density at radius 2 is 1.69 bits per heavy atom. The molecule has 188 valence electrons. The molecule has 35 heavy (non-hydrogen) atoms. The van der Waals surface area contributed by atoms with Crippen LogP contribution in [0.25, 0.3) is 0 Å². The first-order valence-corrected chi connectivity index (χ1v) is 12.7. The number of aliphatic hydroxyl groups excluding tert-OH is 1. The van der Waals surface area contributed by atoms with E-state index in [0.717, 1.165) is 5.57 Å². The van der Waals surface area contributed by atoms with Crippen LogP contribution in [0.15, 0.2) is 34.4 Å². The summed E-state index contributed by atoms with van der Waals surface area (Å²) in [6.45, 7) is 8.74. The molecule has 7 heteroatoms. The molecule has 0 saturated heterocycles. The van der Waals surface area contributed by atoms with Crippen molar-refractivity contribution in [3.05, 3.63) is 34.4 Å². The maximum absolute atomic E-state index is 14.0. The number of ketones is 2. The lowest BCUT2D eigenvalue weighted by atomic mass is 9.37. The van der Waals surface area contributed by atoms with Gasteiger partial charge >= 0.3 is 5.97 Å². The highest BCUT2D eigenvalue weighted by Crippen LogP contribution is 2.74. The fourth-order valence-electron chi connectivity index (χ4n) is 9.57. The molecule has 3 fully saturated rings. The number of Topliss-reactive ketones (excluding diaryl/α,β-unsaturated/α-hetero) is 1. The third-order valence-corrected chi connectivity index (χ3v) is 11.7. The molecular weight excluding hydrogens is 448 g/mol. The Bertz CT molecular complexity index is 1210. The number of aliphatic hydroxyl groups is 3. The van der Waals surface area contributed by atoms with Gasteiger partial charge in [0, 0.05) is 11.0 Å². The monoisotopic (exact) mass is 482 g/mol. The predicted molar refractivity (Wildman–Crippen MR) is 125 cm³/mol. The van der Waals surface area contributed by atoms with E-state index < -0.39 is 45.6 Å². The summed E-state index contributed by atoms with van der Waals surface area (Å²) >= 11 is 0. The van der Waals surface area contributed by atoms with Gasteiger partial charge in [0.2, 0.25) is 11.4 Å². The van der Waals surface area contributed by atoms with E-state index in [0.29, 0.717) is 36.0 Å². The van der Waals surface area contributed by atoms with Crippen molar-refractivity contribution in [1.82, 2.24) is 0 Å². The SMILES string of the molecule is CC1=C(C)C2(OC1=O)C(=O)C(C)=C1CCC3C4CC(O)C5(O)CC=CC(=O)C5(C)C4CC2(O)C13C. The highest BCUT2D eigenvalue weighted by atomic mass is 16.6. The van der Waals surface area contributed by atoms with E-state index in [-0.39, 0.29) is 36.2 Å². The van der Waals surface area contributed by atoms with Crippen molar-refractivity contribution in [1.29, 1.82) is 0 Å². The molecule has 0 bridgehead atoms. The minimum atomic E-state index is -1.86. The molecule has 7 nitrogen and oxygen atoms in total. The van der Waals surface area contributed by atoms with Crippen molar-refractivity contribution in [2.45, 2.75) is 89.6 Å². The van der Waals surface area contributed by atoms with Gasteiger partial charge in [0.25, 0.3) is 0 Å². The topological polar surface area (TPSA) is 121 Å². The van der Waals surface area contributed by atoms with E-state index >= 15 is 0 Å². The van der Waals surface area contributed by atoms with Crippen LogP contribution in [0.3, 0.4) is 0 Å². The Morgan fingerprint density at radius 3 is 2.31 bits per heavy atom. The summed E-state index contributed by atoms with van der Waals surface area (Å²) in [5.41, 5.74) is -5.38. The van der Waals surface area contributed by atoms with Gasteiger partial charge in [-0.05, 0) is 94.8 Å². The second-order valence-electron chi connectivity index (χ2n) is 12.3. The first-order chi connectivity index (χ1) is 16.2. The lowest BCUT2D eigenvalue weighted by Crippen LogP contribution is -2.78. The molecule has 0 radical (unpaired) electrons. The van der Waals surface area contributed by atoms with E-state index in [1.54, 1.807) is 33.8 Å². The van der Waals surface area contributed by atoms with Gasteiger partial charge in [-0.15, -0.1) is 0 Å². The van der Waals surface area contributed by atoms with Crippen LogP contribution in [-0.2, 0) is 19.1 Å². The lowest BCUT2D eigenvalue weighted by Gasteiger charge is -2.68. The van der Waals surface area contributed by atoms with Crippen molar-refractivity contribution < 1.29 is 34.4 Å². The van der Waals surface area contributed by atoms with E-state index in [1.165, 1.54) is 6.08 Å². The molecule has 1 spiro atoms. The van der Waals surface area contributed by atoms with E-state index in [4.69, 9.17) is 4.74 Å². The summed E-state index contributed by atoms with van der Waals surface area (Å²) in [4.78, 5) is 40.4. The smallest absolute Gasteiger partial charge is 0.335 e. The van der Waals surface area contributed by atoms with Crippen LogP contribution in [0.1, 0.15) is 66.7 Å². The fourth-order valence-corrected chi connectivity index (χ4v) is 9.57. The Balaban J connectivity index is 1.64. The van der Waals surface area contributed by atoms with Crippen LogP contribution in [0.2, 0.25) is 0 Å². The minimum Gasteiger partial charge on any atom is -0.439 e. The van der Waals surface area contributed by atoms with Crippen LogP contribution in [0.4, 0.5) is 0 Å². The standard InChI is InChI=1S/C28H34O7/c1-13-15(3)28(35-23(13)32)22(31)14(2)17-8-9-18-16-11-21(30)26(33)10-6-7-20(29)25(26,5)19(16)12-27(28,34)24(17,18)4/h6-7,16,18-19,21,30,33-34H,8-12H2,1-5H3. The molecule has 9 atom stereocenters. The zero-order chi connectivity index (χ0) is 25.5. The maximum Gasteiger partial charge on any atom is 0.335 e. The van der Waals surface area contributed by atoms with Crippen LogP contribution >= 0.6 is 0 Å². The average molecular weight is 483 g/mol. The average Bonchev–Trinajstić information content (AvgIpc) is 3.28. The van der Waals surface area contributed by atoms with Crippen LogP contribution in [-0.4, -0.2) is 55.8 Å². The van der Waals surface area contributed by atoms with Gasteiger partial charge in [-0.1, -0.05) is 18.6 Å². The number of allylic oxidation sites excluding steroid dienone is 1. The van der Waals surface area contributed by atoms with Crippen molar-refractivity contribution in [3.63, 3.8) is 0 Å². The van der Waals surface area contributed by atoms with Crippen molar-refractivity contribution >= 4 is 17.5 Å². The molecule has 3 N–H and O–H groups in total. The predicted octanol–water partition coefficient (Wildman–Crippen LogP) is 2.33. The molecule has 1 heterocycles. The fraction of sp³-hybridized carbons (Fsp3) is 0.679. The Kier molecular flexibility index (Phi) is 4.28. The van der Waals surface area contributed by atoms with Crippen molar-refractivity contribution in [3.8, 4) is 0 Å². The second kappa shape index (κ2) is 6.42. The van der Waals surface area contributed by atoms with Crippen LogP contribution < -0.4 is 0 Å². The van der Waals surface area contributed by atoms with Crippen molar-refractivity contribution in [2.75, 3.05) is 0 Å². The number of esters is 1. The summed E-state index contributed by atoms with van der Waals surface area (Å²) in [7, 11) is 0. The van der Waals surface area contributed by atoms with Crippen LogP contribution in [0, 0.1) is 28.6 Å². The Hall–Kier alpha value is -2.09.